The van der Waals surface area contributed by atoms with Crippen LogP contribution in [-0.2, 0) is 4.79 Å². The molecular weight excluding hydrogens is 238 g/mol. The molecule has 1 amide bonds. The monoisotopic (exact) mass is 253 g/mol. The minimum Gasteiger partial charge on any atom is -0.480 e. The van der Waals surface area contributed by atoms with Gasteiger partial charge in [0.1, 0.15) is 12.8 Å². The molecule has 1 rings (SSSR count). The zero-order valence-corrected chi connectivity index (χ0v) is 10.3. The Balaban J connectivity index is 2.97. The van der Waals surface area contributed by atoms with Crippen molar-refractivity contribution in [3.8, 4) is 0 Å². The Hall–Kier alpha value is -2.11. The average Bonchev–Trinajstić information content (AvgIpc) is 2.35. The van der Waals surface area contributed by atoms with Gasteiger partial charge in [0.2, 0.25) is 0 Å². The molecule has 0 spiro atoms. The molecule has 0 saturated heterocycles. The van der Waals surface area contributed by atoms with Crippen LogP contribution in [0.15, 0.2) is 27.6 Å². The largest absolute Gasteiger partial charge is 0.480 e. The van der Waals surface area contributed by atoms with E-state index < -0.39 is 17.5 Å². The smallest absolute Gasteiger partial charge is 0.335 e. The van der Waals surface area contributed by atoms with Gasteiger partial charge in [-0.15, -0.1) is 0 Å². The average molecular weight is 253 g/mol. The molecule has 0 radical (unpaired) electrons. The summed E-state index contributed by atoms with van der Waals surface area (Å²) in [6.45, 7) is 3.24. The van der Waals surface area contributed by atoms with Gasteiger partial charge in [0.15, 0.2) is 0 Å². The van der Waals surface area contributed by atoms with E-state index in [-0.39, 0.29) is 18.2 Å². The molecule has 0 saturated carbocycles. The summed E-state index contributed by atoms with van der Waals surface area (Å²) in [6.07, 6.45) is 1.68. The summed E-state index contributed by atoms with van der Waals surface area (Å²) in [4.78, 5) is 34.9. The number of hydrogen-bond acceptors (Lipinski definition) is 4. The maximum Gasteiger partial charge on any atom is 0.335 e. The van der Waals surface area contributed by atoms with E-state index in [1.165, 1.54) is 11.0 Å². The molecule has 6 nitrogen and oxygen atoms in total. The molecule has 0 aliphatic carbocycles. The number of carbonyl (C=O) groups excluding carboxylic acids is 1. The van der Waals surface area contributed by atoms with Crippen molar-refractivity contribution in [3.05, 3.63) is 34.4 Å². The van der Waals surface area contributed by atoms with E-state index in [0.717, 1.165) is 12.3 Å². The summed E-state index contributed by atoms with van der Waals surface area (Å²) in [5, 5.41) is 8.80. The van der Waals surface area contributed by atoms with Crippen molar-refractivity contribution in [2.45, 2.75) is 26.3 Å². The molecule has 0 bridgehead atoms. The Morgan fingerprint density at radius 2 is 2.11 bits per heavy atom. The van der Waals surface area contributed by atoms with Gasteiger partial charge in [0.05, 0.1) is 5.56 Å². The molecule has 1 N–H and O–H groups in total. The summed E-state index contributed by atoms with van der Waals surface area (Å²) >= 11 is 0. The van der Waals surface area contributed by atoms with Gasteiger partial charge in [0.25, 0.3) is 5.91 Å². The van der Waals surface area contributed by atoms with Crippen LogP contribution in [0.1, 0.15) is 30.6 Å². The van der Waals surface area contributed by atoms with Crippen LogP contribution in [0.3, 0.4) is 0 Å². The van der Waals surface area contributed by atoms with Crippen molar-refractivity contribution >= 4 is 11.9 Å². The summed E-state index contributed by atoms with van der Waals surface area (Å²) < 4.78 is 4.60. The molecule has 98 valence electrons. The van der Waals surface area contributed by atoms with Crippen molar-refractivity contribution < 1.29 is 19.1 Å². The fraction of sp³-hybridized carbons (Fsp3) is 0.417. The zero-order valence-electron chi connectivity index (χ0n) is 10.3. The summed E-state index contributed by atoms with van der Waals surface area (Å²) in [6, 6.07) is 2.24. The second kappa shape index (κ2) is 6.00. The molecule has 1 atom stereocenters. The van der Waals surface area contributed by atoms with E-state index in [9.17, 15) is 14.4 Å². The van der Waals surface area contributed by atoms with Crippen LogP contribution in [-0.4, -0.2) is 34.5 Å². The van der Waals surface area contributed by atoms with Crippen molar-refractivity contribution in [2.75, 3.05) is 6.54 Å². The van der Waals surface area contributed by atoms with Crippen molar-refractivity contribution in [2.24, 2.45) is 0 Å². The van der Waals surface area contributed by atoms with E-state index in [0.29, 0.717) is 6.42 Å². The van der Waals surface area contributed by atoms with Crippen molar-refractivity contribution in [3.63, 3.8) is 0 Å². The number of rotatable bonds is 5. The van der Waals surface area contributed by atoms with Crippen LogP contribution in [0.4, 0.5) is 0 Å². The molecule has 1 aromatic rings. The number of amides is 1. The fourth-order valence-electron chi connectivity index (χ4n) is 1.44. The highest BCUT2D eigenvalue weighted by Crippen LogP contribution is 2.09. The molecule has 1 aromatic heterocycles. The molecular formula is C12H15NO5. The third-order valence-corrected chi connectivity index (χ3v) is 2.64. The highest BCUT2D eigenvalue weighted by Gasteiger charge is 2.23. The quantitative estimate of drug-likeness (QED) is 0.844. The SMILES string of the molecule is CCC(C)N(CC(=O)O)C(=O)c1ccc(=O)oc1. The number of aliphatic carboxylic acids is 1. The van der Waals surface area contributed by atoms with Crippen molar-refractivity contribution in [1.29, 1.82) is 0 Å². The van der Waals surface area contributed by atoms with Crippen LogP contribution in [0.5, 0.6) is 0 Å². The summed E-state index contributed by atoms with van der Waals surface area (Å²) in [5.41, 5.74) is -0.393. The standard InChI is InChI=1S/C12H15NO5/c1-3-8(2)13(6-10(14)15)12(17)9-4-5-11(16)18-7-9/h4-5,7-8H,3,6H2,1-2H3,(H,14,15). The van der Waals surface area contributed by atoms with Crippen LogP contribution in [0.25, 0.3) is 0 Å². The van der Waals surface area contributed by atoms with E-state index in [1.807, 2.05) is 6.92 Å². The molecule has 1 heterocycles. The van der Waals surface area contributed by atoms with Gasteiger partial charge >= 0.3 is 11.6 Å². The molecule has 0 aliphatic rings. The number of carboxylic acids is 1. The Morgan fingerprint density at radius 3 is 2.56 bits per heavy atom. The first-order chi connectivity index (χ1) is 8.45. The van der Waals surface area contributed by atoms with Crippen molar-refractivity contribution in [1.82, 2.24) is 4.90 Å². The maximum atomic E-state index is 12.1. The Kier molecular flexibility index (Phi) is 4.65. The van der Waals surface area contributed by atoms with E-state index in [4.69, 9.17) is 5.11 Å². The lowest BCUT2D eigenvalue weighted by atomic mass is 10.1. The number of nitrogens with zero attached hydrogens (tertiary/aromatic N) is 1. The fourth-order valence-corrected chi connectivity index (χ4v) is 1.44. The Bertz CT molecular complexity index is 473. The number of carboxylic acid groups (broad SMARTS) is 1. The van der Waals surface area contributed by atoms with E-state index in [2.05, 4.69) is 4.42 Å². The van der Waals surface area contributed by atoms with Crippen LogP contribution >= 0.6 is 0 Å². The van der Waals surface area contributed by atoms with Gasteiger partial charge < -0.3 is 14.4 Å². The lowest BCUT2D eigenvalue weighted by Crippen LogP contribution is -2.41. The zero-order chi connectivity index (χ0) is 13.7. The third-order valence-electron chi connectivity index (χ3n) is 2.64. The first-order valence-electron chi connectivity index (χ1n) is 5.57. The predicted molar refractivity (Wildman–Crippen MR) is 63.4 cm³/mol. The summed E-state index contributed by atoms with van der Waals surface area (Å²) in [7, 11) is 0. The molecule has 0 fully saturated rings. The first kappa shape index (κ1) is 14.0. The highest BCUT2D eigenvalue weighted by atomic mass is 16.4. The van der Waals surface area contributed by atoms with Crippen LogP contribution in [0.2, 0.25) is 0 Å². The van der Waals surface area contributed by atoms with Gasteiger partial charge in [-0.3, -0.25) is 9.59 Å². The minimum absolute atomic E-state index is 0.163. The van der Waals surface area contributed by atoms with Gasteiger partial charge in [-0.05, 0) is 19.4 Å². The number of hydrogen-bond donors (Lipinski definition) is 1. The first-order valence-corrected chi connectivity index (χ1v) is 5.57. The lowest BCUT2D eigenvalue weighted by Gasteiger charge is -2.26. The van der Waals surface area contributed by atoms with Gasteiger partial charge in [-0.25, -0.2) is 4.79 Å². The van der Waals surface area contributed by atoms with Crippen LogP contribution < -0.4 is 5.63 Å². The molecule has 0 aromatic carbocycles. The Morgan fingerprint density at radius 1 is 1.44 bits per heavy atom. The van der Waals surface area contributed by atoms with Gasteiger partial charge in [-0.2, -0.15) is 0 Å². The predicted octanol–water partition coefficient (Wildman–Crippen LogP) is 0.965. The normalized spacial score (nSPS) is 11.9. The van der Waals surface area contributed by atoms with E-state index >= 15 is 0 Å². The molecule has 18 heavy (non-hydrogen) atoms. The topological polar surface area (TPSA) is 87.8 Å². The van der Waals surface area contributed by atoms with Gasteiger partial charge in [0, 0.05) is 12.1 Å². The van der Waals surface area contributed by atoms with E-state index in [1.54, 1.807) is 6.92 Å². The molecule has 0 aliphatic heterocycles. The van der Waals surface area contributed by atoms with Gasteiger partial charge in [-0.1, -0.05) is 6.92 Å². The Labute approximate surface area is 104 Å². The molecule has 1 unspecified atom stereocenters. The third kappa shape index (κ3) is 3.44. The maximum absolute atomic E-state index is 12.1. The molecule has 6 heteroatoms. The number of carbonyl (C=O) groups is 2. The summed E-state index contributed by atoms with van der Waals surface area (Å²) in [5.74, 6) is -1.54. The second-order valence-electron chi connectivity index (χ2n) is 3.93. The van der Waals surface area contributed by atoms with Crippen LogP contribution in [0, 0.1) is 0 Å². The highest BCUT2D eigenvalue weighted by molar-refractivity contribution is 5.95. The second-order valence-corrected chi connectivity index (χ2v) is 3.93. The lowest BCUT2D eigenvalue weighted by molar-refractivity contribution is -0.138. The minimum atomic E-state index is -1.08.